The normalized spacial score (nSPS) is 15.0. The highest BCUT2D eigenvalue weighted by atomic mass is 15.1. The van der Waals surface area contributed by atoms with Gasteiger partial charge in [-0.3, -0.25) is 4.90 Å². The molecule has 3 aromatic rings. The number of hydrogen-bond acceptors (Lipinski definition) is 3. The van der Waals surface area contributed by atoms with Crippen molar-refractivity contribution in [1.82, 2.24) is 14.9 Å². The molecule has 110 valence electrons. The second kappa shape index (κ2) is 5.50. The van der Waals surface area contributed by atoms with Gasteiger partial charge in [-0.2, -0.15) is 0 Å². The van der Waals surface area contributed by atoms with Crippen LogP contribution in [0.4, 0.5) is 0 Å². The summed E-state index contributed by atoms with van der Waals surface area (Å²) < 4.78 is 0. The molecular formula is C19H19N3. The largest absolute Gasteiger partial charge is 0.293 e. The third-order valence-electron chi connectivity index (χ3n) is 4.43. The molecule has 2 heterocycles. The lowest BCUT2D eigenvalue weighted by atomic mass is 10.00. The van der Waals surface area contributed by atoms with Gasteiger partial charge in [-0.1, -0.05) is 36.4 Å². The van der Waals surface area contributed by atoms with Crippen molar-refractivity contribution in [2.75, 3.05) is 6.54 Å². The molecule has 0 saturated carbocycles. The van der Waals surface area contributed by atoms with Crippen molar-refractivity contribution < 1.29 is 0 Å². The van der Waals surface area contributed by atoms with E-state index in [9.17, 15) is 0 Å². The maximum Gasteiger partial charge on any atom is 0.0890 e. The Morgan fingerprint density at radius 3 is 2.41 bits per heavy atom. The van der Waals surface area contributed by atoms with E-state index in [1.165, 1.54) is 11.1 Å². The Kier molecular flexibility index (Phi) is 3.35. The topological polar surface area (TPSA) is 29.0 Å². The highest BCUT2D eigenvalue weighted by Crippen LogP contribution is 2.21. The van der Waals surface area contributed by atoms with E-state index in [-0.39, 0.29) is 0 Å². The van der Waals surface area contributed by atoms with Crippen molar-refractivity contribution in [3.63, 3.8) is 0 Å². The van der Waals surface area contributed by atoms with Gasteiger partial charge in [0.15, 0.2) is 0 Å². The smallest absolute Gasteiger partial charge is 0.0890 e. The van der Waals surface area contributed by atoms with E-state index in [1.807, 2.05) is 24.3 Å². The third kappa shape index (κ3) is 2.48. The fourth-order valence-corrected chi connectivity index (χ4v) is 3.18. The van der Waals surface area contributed by atoms with Gasteiger partial charge in [0.25, 0.3) is 0 Å². The van der Waals surface area contributed by atoms with Crippen molar-refractivity contribution in [3.8, 4) is 0 Å². The molecule has 1 aliphatic heterocycles. The minimum absolute atomic E-state index is 0.873. The summed E-state index contributed by atoms with van der Waals surface area (Å²) in [6.07, 6.45) is 1.12. The molecule has 0 atom stereocenters. The first-order valence-corrected chi connectivity index (χ1v) is 7.81. The minimum Gasteiger partial charge on any atom is -0.293 e. The summed E-state index contributed by atoms with van der Waals surface area (Å²) in [7, 11) is 0. The van der Waals surface area contributed by atoms with Gasteiger partial charge >= 0.3 is 0 Å². The molecule has 0 saturated heterocycles. The molecule has 0 bridgehead atoms. The zero-order valence-corrected chi connectivity index (χ0v) is 12.8. The number of aromatic nitrogens is 2. The number of hydrogen-bond donors (Lipinski definition) is 0. The number of rotatable bonds is 2. The first-order valence-electron chi connectivity index (χ1n) is 7.81. The van der Waals surface area contributed by atoms with E-state index in [4.69, 9.17) is 9.97 Å². The summed E-state index contributed by atoms with van der Waals surface area (Å²) in [5, 5.41) is 0. The Morgan fingerprint density at radius 1 is 0.909 bits per heavy atom. The molecule has 4 rings (SSSR count). The first kappa shape index (κ1) is 13.4. The lowest BCUT2D eigenvalue weighted by Gasteiger charge is -2.28. The Bertz CT molecular complexity index is 826. The summed E-state index contributed by atoms with van der Waals surface area (Å²) >= 11 is 0. The van der Waals surface area contributed by atoms with E-state index < -0.39 is 0 Å². The molecule has 0 amide bonds. The van der Waals surface area contributed by atoms with E-state index in [1.54, 1.807) is 0 Å². The first-order chi connectivity index (χ1) is 10.8. The van der Waals surface area contributed by atoms with Crippen LogP contribution in [0.1, 0.15) is 22.5 Å². The quantitative estimate of drug-likeness (QED) is 0.723. The van der Waals surface area contributed by atoms with Crippen LogP contribution in [-0.2, 0) is 19.5 Å². The highest BCUT2D eigenvalue weighted by molar-refractivity contribution is 5.74. The maximum absolute atomic E-state index is 4.82. The molecule has 3 heteroatoms. The fourth-order valence-electron chi connectivity index (χ4n) is 3.18. The van der Waals surface area contributed by atoms with Crippen LogP contribution in [0.15, 0.2) is 48.5 Å². The van der Waals surface area contributed by atoms with Gasteiger partial charge in [-0.15, -0.1) is 0 Å². The second-order valence-electron chi connectivity index (χ2n) is 5.97. The van der Waals surface area contributed by atoms with Crippen molar-refractivity contribution in [3.05, 3.63) is 71.0 Å². The third-order valence-corrected chi connectivity index (χ3v) is 4.43. The van der Waals surface area contributed by atoms with E-state index in [2.05, 4.69) is 36.1 Å². The van der Waals surface area contributed by atoms with Crippen LogP contribution in [-0.4, -0.2) is 21.4 Å². The van der Waals surface area contributed by atoms with E-state index in [0.717, 1.165) is 48.5 Å². The van der Waals surface area contributed by atoms with Crippen molar-refractivity contribution in [2.24, 2.45) is 0 Å². The number of benzene rings is 2. The summed E-state index contributed by atoms with van der Waals surface area (Å²) in [6.45, 7) is 5.03. The summed E-state index contributed by atoms with van der Waals surface area (Å²) in [6, 6.07) is 16.8. The molecule has 1 aliphatic rings. The summed E-state index contributed by atoms with van der Waals surface area (Å²) in [5.74, 6) is 0. The van der Waals surface area contributed by atoms with Gasteiger partial charge in [0, 0.05) is 19.6 Å². The average Bonchev–Trinajstić information content (AvgIpc) is 2.55. The van der Waals surface area contributed by atoms with Crippen molar-refractivity contribution in [1.29, 1.82) is 0 Å². The lowest BCUT2D eigenvalue weighted by molar-refractivity contribution is 0.242. The molecule has 1 aromatic heterocycles. The molecule has 3 nitrogen and oxygen atoms in total. The van der Waals surface area contributed by atoms with Gasteiger partial charge < -0.3 is 0 Å². The van der Waals surface area contributed by atoms with Crippen LogP contribution in [0, 0.1) is 6.92 Å². The monoisotopic (exact) mass is 289 g/mol. The summed E-state index contributed by atoms with van der Waals surface area (Å²) in [4.78, 5) is 12.0. The van der Waals surface area contributed by atoms with Crippen LogP contribution >= 0.6 is 0 Å². The average molecular weight is 289 g/mol. The van der Waals surface area contributed by atoms with Gasteiger partial charge in [-0.25, -0.2) is 9.97 Å². The molecule has 0 fully saturated rings. The van der Waals surface area contributed by atoms with Crippen LogP contribution in [0.2, 0.25) is 0 Å². The summed E-state index contributed by atoms with van der Waals surface area (Å²) in [5.41, 5.74) is 7.03. The van der Waals surface area contributed by atoms with Crippen LogP contribution < -0.4 is 0 Å². The molecular weight excluding hydrogens is 270 g/mol. The Hall–Kier alpha value is -2.26. The van der Waals surface area contributed by atoms with Gasteiger partial charge in [0.1, 0.15) is 0 Å². The lowest BCUT2D eigenvalue weighted by Crippen LogP contribution is -2.30. The Morgan fingerprint density at radius 2 is 1.59 bits per heavy atom. The van der Waals surface area contributed by atoms with Gasteiger partial charge in [0.2, 0.25) is 0 Å². The SMILES string of the molecule is Cc1nc2ccccc2nc1CN1CCc2ccccc2C1. The Labute approximate surface area is 130 Å². The maximum atomic E-state index is 4.82. The van der Waals surface area contributed by atoms with Crippen LogP contribution in [0.5, 0.6) is 0 Å². The minimum atomic E-state index is 0.873. The standard InChI is InChI=1S/C19H19N3/c1-14-19(21-18-9-5-4-8-17(18)20-14)13-22-11-10-15-6-2-3-7-16(15)12-22/h2-9H,10-13H2,1H3. The fraction of sp³-hybridized carbons (Fsp3) is 0.263. The van der Waals surface area contributed by atoms with Gasteiger partial charge in [0.05, 0.1) is 22.4 Å². The molecule has 0 N–H and O–H groups in total. The number of aryl methyl sites for hydroxylation is 1. The highest BCUT2D eigenvalue weighted by Gasteiger charge is 2.17. The van der Waals surface area contributed by atoms with E-state index in [0.29, 0.717) is 0 Å². The second-order valence-corrected chi connectivity index (χ2v) is 5.97. The predicted octanol–water partition coefficient (Wildman–Crippen LogP) is 3.50. The molecule has 0 spiro atoms. The number of para-hydroxylation sites is 2. The molecule has 0 unspecified atom stereocenters. The van der Waals surface area contributed by atoms with E-state index >= 15 is 0 Å². The van der Waals surface area contributed by atoms with Crippen molar-refractivity contribution >= 4 is 11.0 Å². The van der Waals surface area contributed by atoms with Crippen molar-refractivity contribution in [2.45, 2.75) is 26.4 Å². The zero-order valence-electron chi connectivity index (χ0n) is 12.8. The number of fused-ring (bicyclic) bond motifs is 2. The predicted molar refractivity (Wildman–Crippen MR) is 88.5 cm³/mol. The zero-order chi connectivity index (χ0) is 14.9. The van der Waals surface area contributed by atoms with Crippen LogP contribution in [0.3, 0.4) is 0 Å². The van der Waals surface area contributed by atoms with Crippen LogP contribution in [0.25, 0.3) is 11.0 Å². The molecule has 0 radical (unpaired) electrons. The number of nitrogens with zero attached hydrogens (tertiary/aromatic N) is 3. The molecule has 2 aromatic carbocycles. The Balaban J connectivity index is 1.60. The molecule has 22 heavy (non-hydrogen) atoms. The molecule has 0 aliphatic carbocycles. The van der Waals surface area contributed by atoms with Gasteiger partial charge in [-0.05, 0) is 36.6 Å².